The van der Waals surface area contributed by atoms with Gasteiger partial charge in [-0.2, -0.15) is 0 Å². The zero-order valence-electron chi connectivity index (χ0n) is 35.0. The summed E-state index contributed by atoms with van der Waals surface area (Å²) >= 11 is 0. The minimum Gasteiger partial charge on any atom is -0.497 e. The van der Waals surface area contributed by atoms with Crippen molar-refractivity contribution in [3.8, 4) is 11.5 Å². The molecule has 3 saturated carbocycles. The summed E-state index contributed by atoms with van der Waals surface area (Å²) in [5.74, 6) is -0.434. The average Bonchev–Trinajstić information content (AvgIpc) is 4.15. The van der Waals surface area contributed by atoms with E-state index in [9.17, 15) is 22.8 Å². The van der Waals surface area contributed by atoms with E-state index in [1.54, 1.807) is 12.0 Å². The number of carbonyl (C=O) groups excluding carboxylic acids is 4. The molecule has 1 aromatic carbocycles. The van der Waals surface area contributed by atoms with E-state index in [1.807, 2.05) is 32.0 Å². The third-order valence-electron chi connectivity index (χ3n) is 14.3. The summed E-state index contributed by atoms with van der Waals surface area (Å²) in [5, 5.41) is 6.32. The number of carbonyl (C=O) groups is 4. The van der Waals surface area contributed by atoms with Crippen LogP contribution in [0.15, 0.2) is 18.2 Å². The SMILES string of the molecule is CC[C@@H]1CC1(NC(=O)[C@@H]1C[C@]23CCc4c(c(nc5ccc(OC)cc45)CCCCC[C@H](C)COC(=O)N[C@@H](C4(C)CCCCC4)C(=O)N1C2)O3)C(=O)NS(=O)(=O)C1CC1. The number of fused-ring (bicyclic) bond motifs is 3. The molecule has 1 spiro atoms. The Kier molecular flexibility index (Phi) is 11.3. The van der Waals surface area contributed by atoms with Gasteiger partial charge in [0.15, 0.2) is 0 Å². The van der Waals surface area contributed by atoms with Gasteiger partial charge in [-0.05, 0) is 99.7 Å². The molecular formula is C44H61N5O9S. The molecule has 6 aliphatic rings. The minimum absolute atomic E-state index is 0.0752. The van der Waals surface area contributed by atoms with Crippen molar-refractivity contribution in [2.24, 2.45) is 17.3 Å². The Bertz CT molecular complexity index is 2100. The van der Waals surface area contributed by atoms with E-state index in [4.69, 9.17) is 19.2 Å². The van der Waals surface area contributed by atoms with Crippen LogP contribution >= 0.6 is 0 Å². The highest BCUT2D eigenvalue weighted by molar-refractivity contribution is 7.91. The van der Waals surface area contributed by atoms with Crippen LogP contribution in [0.1, 0.15) is 128 Å². The van der Waals surface area contributed by atoms with Crippen LogP contribution in [-0.4, -0.2) is 90.9 Å². The first-order valence-electron chi connectivity index (χ1n) is 22.0. The number of alkyl carbamates (subject to hydrolysis) is 1. The molecule has 322 valence electrons. The molecule has 4 fully saturated rings. The monoisotopic (exact) mass is 835 g/mol. The molecule has 14 nitrogen and oxygen atoms in total. The smallest absolute Gasteiger partial charge is 0.407 e. The summed E-state index contributed by atoms with van der Waals surface area (Å²) < 4.78 is 46.7. The van der Waals surface area contributed by atoms with E-state index >= 15 is 4.79 Å². The summed E-state index contributed by atoms with van der Waals surface area (Å²) in [6, 6.07) is 3.82. The zero-order valence-corrected chi connectivity index (χ0v) is 35.8. The molecule has 3 aliphatic heterocycles. The molecule has 6 atom stereocenters. The number of sulfonamides is 1. The van der Waals surface area contributed by atoms with Crippen molar-refractivity contribution in [3.63, 3.8) is 0 Å². The topological polar surface area (TPSA) is 182 Å². The second kappa shape index (κ2) is 16.0. The van der Waals surface area contributed by atoms with Gasteiger partial charge in [0.25, 0.3) is 5.91 Å². The molecule has 59 heavy (non-hydrogen) atoms. The Morgan fingerprint density at radius 2 is 1.78 bits per heavy atom. The molecule has 1 unspecified atom stereocenters. The van der Waals surface area contributed by atoms with E-state index in [2.05, 4.69) is 22.3 Å². The van der Waals surface area contributed by atoms with Crippen LogP contribution in [0.2, 0.25) is 0 Å². The lowest BCUT2D eigenvalue weighted by atomic mass is 9.70. The molecule has 0 radical (unpaired) electrons. The van der Waals surface area contributed by atoms with Crippen molar-refractivity contribution < 1.29 is 41.8 Å². The van der Waals surface area contributed by atoms with Crippen molar-refractivity contribution in [1.82, 2.24) is 25.2 Å². The number of benzene rings is 1. The molecule has 4 amide bonds. The number of amides is 4. The van der Waals surface area contributed by atoms with Crippen molar-refractivity contribution in [3.05, 3.63) is 29.5 Å². The fourth-order valence-electron chi connectivity index (χ4n) is 10.4. The van der Waals surface area contributed by atoms with Crippen LogP contribution < -0.4 is 24.8 Å². The number of pyridine rings is 1. The summed E-state index contributed by atoms with van der Waals surface area (Å²) in [5.41, 5.74) is -0.283. The van der Waals surface area contributed by atoms with Crippen LogP contribution in [0.3, 0.4) is 0 Å². The number of nitrogens with one attached hydrogen (secondary N) is 3. The molecule has 3 N–H and O–H groups in total. The number of aryl methyl sites for hydroxylation is 2. The molecule has 15 heteroatoms. The third kappa shape index (κ3) is 8.21. The zero-order chi connectivity index (χ0) is 41.7. The Labute approximate surface area is 347 Å². The lowest BCUT2D eigenvalue weighted by Crippen LogP contribution is -2.61. The number of ether oxygens (including phenoxy) is 3. The largest absolute Gasteiger partial charge is 0.497 e. The standard InChI is InChI=1S/C44H61N5O9S/c1-5-28-23-44(28,40(52)48-59(54,55)30-15-16-30)47-38(50)35-24-43-21-18-31-32-22-29(56-4)14-17-33(32)45-34(36(31)58-43)13-9-6-8-12-27(2)25-57-41(53)46-37(39(51)49(35)26-43)42(3)19-10-7-11-20-42/h14,17,22,27-28,30,35,37H,5-13,15-16,18-21,23-26H2,1-4H3,(H,46,53)(H,47,50)(H,48,52)/t27-,28+,35-,37+,43+,44?/m0/s1. The lowest BCUT2D eigenvalue weighted by molar-refractivity contribution is -0.144. The molecule has 1 saturated heterocycles. The first kappa shape index (κ1) is 41.6. The predicted molar refractivity (Wildman–Crippen MR) is 220 cm³/mol. The first-order valence-corrected chi connectivity index (χ1v) is 23.5. The molecule has 3 bridgehead atoms. The molecule has 3 aliphatic carbocycles. The van der Waals surface area contributed by atoms with Crippen molar-refractivity contribution in [1.29, 1.82) is 0 Å². The number of aromatic nitrogens is 1. The summed E-state index contributed by atoms with van der Waals surface area (Å²) in [7, 11) is -2.24. The maximum Gasteiger partial charge on any atom is 0.407 e. The van der Waals surface area contributed by atoms with Crippen molar-refractivity contribution in [2.75, 3.05) is 20.3 Å². The van der Waals surface area contributed by atoms with Crippen LogP contribution in [-0.2, 0) is 42.0 Å². The quantitative estimate of drug-likeness (QED) is 0.302. The van der Waals surface area contributed by atoms with Crippen LogP contribution in [0.25, 0.3) is 10.9 Å². The first-order chi connectivity index (χ1) is 28.2. The maximum atomic E-state index is 15.3. The number of cyclic esters (lactones) is 1. The number of hydrogen-bond donors (Lipinski definition) is 3. The Morgan fingerprint density at radius 1 is 1.02 bits per heavy atom. The number of rotatable bonds is 8. The Balaban J connectivity index is 1.19. The van der Waals surface area contributed by atoms with Crippen LogP contribution in [0, 0.1) is 17.3 Å². The second-order valence-electron chi connectivity index (χ2n) is 18.8. The molecule has 8 rings (SSSR count). The molecular weight excluding hydrogens is 775 g/mol. The number of hydrogen-bond acceptors (Lipinski definition) is 10. The fraction of sp³-hybridized carbons (Fsp3) is 0.705. The number of methoxy groups -OCH3 is 1. The normalized spacial score (nSPS) is 31.2. The van der Waals surface area contributed by atoms with Gasteiger partial charge < -0.3 is 29.7 Å². The Morgan fingerprint density at radius 3 is 2.49 bits per heavy atom. The molecule has 1 aromatic heterocycles. The van der Waals surface area contributed by atoms with Gasteiger partial charge in [-0.1, -0.05) is 59.3 Å². The predicted octanol–water partition coefficient (Wildman–Crippen LogP) is 5.62. The van der Waals surface area contributed by atoms with Gasteiger partial charge in [0.2, 0.25) is 21.8 Å². The van der Waals surface area contributed by atoms with Gasteiger partial charge in [0.05, 0.1) is 36.7 Å². The van der Waals surface area contributed by atoms with Gasteiger partial charge >= 0.3 is 6.09 Å². The van der Waals surface area contributed by atoms with E-state index in [0.29, 0.717) is 62.9 Å². The summed E-state index contributed by atoms with van der Waals surface area (Å²) in [6.45, 7) is 6.29. The van der Waals surface area contributed by atoms with E-state index in [1.165, 1.54) is 0 Å². The molecule has 4 heterocycles. The van der Waals surface area contributed by atoms with Gasteiger partial charge in [0.1, 0.15) is 34.7 Å². The van der Waals surface area contributed by atoms with Crippen molar-refractivity contribution in [2.45, 2.75) is 158 Å². The van der Waals surface area contributed by atoms with Crippen LogP contribution in [0.4, 0.5) is 4.79 Å². The fourth-order valence-corrected chi connectivity index (χ4v) is 11.7. The average molecular weight is 836 g/mol. The van der Waals surface area contributed by atoms with Crippen LogP contribution in [0.5, 0.6) is 11.5 Å². The summed E-state index contributed by atoms with van der Waals surface area (Å²) in [4.78, 5) is 64.3. The van der Waals surface area contributed by atoms with Crippen molar-refractivity contribution >= 4 is 44.7 Å². The van der Waals surface area contributed by atoms with Gasteiger partial charge in [-0.25, -0.2) is 18.2 Å². The van der Waals surface area contributed by atoms with Gasteiger partial charge in [-0.15, -0.1) is 0 Å². The highest BCUT2D eigenvalue weighted by atomic mass is 32.2. The number of nitrogens with zero attached hydrogens (tertiary/aromatic N) is 2. The van der Waals surface area contributed by atoms with Gasteiger partial charge in [0, 0.05) is 17.4 Å². The Hall–Kier alpha value is -4.14. The highest BCUT2D eigenvalue weighted by Gasteiger charge is 2.63. The van der Waals surface area contributed by atoms with E-state index in [0.717, 1.165) is 67.1 Å². The van der Waals surface area contributed by atoms with Gasteiger partial charge in [-0.3, -0.25) is 19.1 Å². The maximum absolute atomic E-state index is 15.3. The third-order valence-corrected chi connectivity index (χ3v) is 16.1. The van der Waals surface area contributed by atoms with E-state index in [-0.39, 0.29) is 37.8 Å². The van der Waals surface area contributed by atoms with E-state index < -0.39 is 67.7 Å². The molecule has 2 aromatic rings. The minimum atomic E-state index is -3.87. The highest BCUT2D eigenvalue weighted by Crippen LogP contribution is 2.49. The summed E-state index contributed by atoms with van der Waals surface area (Å²) in [6.07, 6.45) is 11.0. The second-order valence-corrected chi connectivity index (χ2v) is 20.7. The lowest BCUT2D eigenvalue weighted by Gasteiger charge is -2.42.